The summed E-state index contributed by atoms with van der Waals surface area (Å²) >= 11 is 0. The summed E-state index contributed by atoms with van der Waals surface area (Å²) in [6.45, 7) is 0.582. The van der Waals surface area contributed by atoms with Gasteiger partial charge in [-0.25, -0.2) is 9.69 Å². The summed E-state index contributed by atoms with van der Waals surface area (Å²) in [5.41, 5.74) is 1.89. The van der Waals surface area contributed by atoms with Gasteiger partial charge in [-0.2, -0.15) is 5.26 Å². The summed E-state index contributed by atoms with van der Waals surface area (Å²) in [7, 11) is 0. The second-order valence-electron chi connectivity index (χ2n) is 9.45. The molecule has 7 nitrogen and oxygen atoms in total. The van der Waals surface area contributed by atoms with Crippen LogP contribution in [0.25, 0.3) is 10.8 Å². The van der Waals surface area contributed by atoms with Crippen molar-refractivity contribution in [3.8, 4) is 6.07 Å². The molecule has 7 heteroatoms. The Kier molecular flexibility index (Phi) is 5.03. The third kappa shape index (κ3) is 3.28. The van der Waals surface area contributed by atoms with Crippen LogP contribution in [-0.4, -0.2) is 35.4 Å². The smallest absolute Gasteiger partial charge is 0.410 e. The van der Waals surface area contributed by atoms with Gasteiger partial charge in [0.15, 0.2) is 0 Å². The highest BCUT2D eigenvalue weighted by Gasteiger charge is 2.61. The number of nitriles is 1. The maximum atomic E-state index is 13.7. The van der Waals surface area contributed by atoms with Crippen LogP contribution in [0, 0.1) is 29.1 Å². The standard InChI is InChI=1S/C28H23N3O4/c29-14-18-10-12-22(21-9-5-4-8-20(18)21)31-26(32)24-19-11-13-23(25(24)27(31)33)30(15-19)28(34)35-16-17-6-2-1-3-7-17/h1-10,12,19,23-25H,11,13,15-16H2/t19?,23?,24?,25-/m1/s1. The Hall–Kier alpha value is -4.18. The molecule has 3 aliphatic heterocycles. The van der Waals surface area contributed by atoms with Crippen LogP contribution in [-0.2, 0) is 20.9 Å². The number of carbonyl (C=O) groups excluding carboxylic acids is 3. The van der Waals surface area contributed by atoms with Crippen molar-refractivity contribution in [1.29, 1.82) is 5.26 Å². The van der Waals surface area contributed by atoms with Crippen LogP contribution in [0.1, 0.15) is 24.0 Å². The number of hydrogen-bond donors (Lipinski definition) is 0. The predicted octanol–water partition coefficient (Wildman–Crippen LogP) is 4.25. The zero-order valence-corrected chi connectivity index (χ0v) is 19.0. The molecule has 4 fully saturated rings. The average Bonchev–Trinajstić information content (AvgIpc) is 3.19. The fourth-order valence-electron chi connectivity index (χ4n) is 6.12. The van der Waals surface area contributed by atoms with Crippen LogP contribution in [0.2, 0.25) is 0 Å². The van der Waals surface area contributed by atoms with Crippen LogP contribution in [0.4, 0.5) is 10.5 Å². The lowest BCUT2D eigenvalue weighted by molar-refractivity contribution is -0.132. The van der Waals surface area contributed by atoms with Crippen molar-refractivity contribution in [2.75, 3.05) is 11.4 Å². The molecule has 4 atom stereocenters. The number of fused-ring (bicyclic) bond motifs is 3. The van der Waals surface area contributed by atoms with Crippen molar-refractivity contribution < 1.29 is 19.1 Å². The van der Waals surface area contributed by atoms with Gasteiger partial charge in [-0.1, -0.05) is 54.6 Å². The van der Waals surface area contributed by atoms with E-state index in [2.05, 4.69) is 6.07 Å². The molecule has 35 heavy (non-hydrogen) atoms. The lowest BCUT2D eigenvalue weighted by Crippen LogP contribution is -2.60. The lowest BCUT2D eigenvalue weighted by Gasteiger charge is -2.49. The Bertz CT molecular complexity index is 1400. The number of nitrogens with zero attached hydrogens (tertiary/aromatic N) is 3. The third-order valence-electron chi connectivity index (χ3n) is 7.69. The van der Waals surface area contributed by atoms with Gasteiger partial charge in [-0.15, -0.1) is 0 Å². The first-order chi connectivity index (χ1) is 17.1. The van der Waals surface area contributed by atoms with E-state index in [0.717, 1.165) is 12.0 Å². The molecule has 3 unspecified atom stereocenters. The lowest BCUT2D eigenvalue weighted by atomic mass is 9.66. The molecule has 1 saturated carbocycles. The van der Waals surface area contributed by atoms with Crippen molar-refractivity contribution in [3.05, 3.63) is 77.9 Å². The molecule has 3 aromatic rings. The first-order valence-electron chi connectivity index (χ1n) is 11.9. The predicted molar refractivity (Wildman–Crippen MR) is 128 cm³/mol. The minimum atomic E-state index is -0.575. The Morgan fingerprint density at radius 1 is 0.914 bits per heavy atom. The van der Waals surface area contributed by atoms with Gasteiger partial charge in [-0.05, 0) is 36.5 Å². The maximum Gasteiger partial charge on any atom is 0.410 e. The Balaban J connectivity index is 1.30. The van der Waals surface area contributed by atoms with Gasteiger partial charge in [0.2, 0.25) is 11.8 Å². The summed E-state index contributed by atoms with van der Waals surface area (Å²) in [5, 5.41) is 10.9. The van der Waals surface area contributed by atoms with Crippen LogP contribution in [0.3, 0.4) is 0 Å². The molecule has 3 heterocycles. The monoisotopic (exact) mass is 465 g/mol. The fourth-order valence-corrected chi connectivity index (χ4v) is 6.12. The molecule has 0 spiro atoms. The van der Waals surface area contributed by atoms with Crippen LogP contribution >= 0.6 is 0 Å². The number of hydrogen-bond acceptors (Lipinski definition) is 5. The van der Waals surface area contributed by atoms with Gasteiger partial charge in [0.05, 0.1) is 29.2 Å². The first kappa shape index (κ1) is 21.4. The summed E-state index contributed by atoms with van der Waals surface area (Å²) in [6, 6.07) is 21.9. The van der Waals surface area contributed by atoms with Gasteiger partial charge in [0.25, 0.3) is 0 Å². The minimum Gasteiger partial charge on any atom is -0.445 e. The second kappa shape index (κ2) is 8.24. The molecule has 0 radical (unpaired) electrons. The van der Waals surface area contributed by atoms with E-state index in [0.29, 0.717) is 35.0 Å². The number of anilines is 1. The van der Waals surface area contributed by atoms with Gasteiger partial charge in [-0.3, -0.25) is 9.59 Å². The largest absolute Gasteiger partial charge is 0.445 e. The van der Waals surface area contributed by atoms with E-state index in [9.17, 15) is 19.6 Å². The number of carbonyl (C=O) groups is 3. The van der Waals surface area contributed by atoms with Crippen molar-refractivity contribution in [2.24, 2.45) is 17.8 Å². The van der Waals surface area contributed by atoms with Crippen molar-refractivity contribution >= 4 is 34.4 Å². The fraction of sp³-hybridized carbons (Fsp3) is 0.286. The van der Waals surface area contributed by atoms with Gasteiger partial charge in [0.1, 0.15) is 6.61 Å². The molecule has 0 N–H and O–H groups in total. The highest BCUT2D eigenvalue weighted by atomic mass is 16.6. The Labute approximate surface area is 202 Å². The van der Waals surface area contributed by atoms with E-state index in [4.69, 9.17) is 4.74 Å². The van der Waals surface area contributed by atoms with Gasteiger partial charge < -0.3 is 9.64 Å². The van der Waals surface area contributed by atoms with E-state index in [1.807, 2.05) is 54.6 Å². The molecule has 3 aromatic carbocycles. The Morgan fingerprint density at radius 2 is 1.63 bits per heavy atom. The summed E-state index contributed by atoms with van der Waals surface area (Å²) in [4.78, 5) is 43.3. The number of ether oxygens (including phenoxy) is 1. The summed E-state index contributed by atoms with van der Waals surface area (Å²) in [6.07, 6.45) is 1.03. The minimum absolute atomic E-state index is 0.0830. The molecule has 3 amide bonds. The van der Waals surface area contributed by atoms with E-state index in [1.54, 1.807) is 17.0 Å². The van der Waals surface area contributed by atoms with Crippen LogP contribution in [0.15, 0.2) is 66.7 Å². The molecule has 7 rings (SSSR count). The Morgan fingerprint density at radius 3 is 2.40 bits per heavy atom. The molecule has 2 bridgehead atoms. The molecule has 0 aromatic heterocycles. The maximum absolute atomic E-state index is 13.7. The normalized spacial score (nSPS) is 25.0. The zero-order chi connectivity index (χ0) is 24.1. The number of rotatable bonds is 3. The molecular weight excluding hydrogens is 442 g/mol. The SMILES string of the molecule is N#Cc1ccc(N2C(=O)C3C4CCC([C@H]3C2=O)N(C(=O)OCc2ccccc2)C4)c2ccccc12. The van der Waals surface area contributed by atoms with E-state index < -0.39 is 17.9 Å². The highest BCUT2D eigenvalue weighted by Crippen LogP contribution is 2.50. The van der Waals surface area contributed by atoms with E-state index >= 15 is 0 Å². The number of imide groups is 1. The average molecular weight is 466 g/mol. The highest BCUT2D eigenvalue weighted by molar-refractivity contribution is 6.25. The van der Waals surface area contributed by atoms with Gasteiger partial charge >= 0.3 is 6.09 Å². The topological polar surface area (TPSA) is 90.7 Å². The van der Waals surface area contributed by atoms with Crippen molar-refractivity contribution in [1.82, 2.24) is 4.90 Å². The van der Waals surface area contributed by atoms with Gasteiger partial charge in [0, 0.05) is 23.4 Å². The molecule has 4 aliphatic rings. The number of amides is 3. The zero-order valence-electron chi connectivity index (χ0n) is 19.0. The van der Waals surface area contributed by atoms with E-state index in [-0.39, 0.29) is 30.4 Å². The summed E-state index contributed by atoms with van der Waals surface area (Å²) < 4.78 is 5.57. The number of benzene rings is 3. The van der Waals surface area contributed by atoms with Crippen molar-refractivity contribution in [2.45, 2.75) is 25.5 Å². The quantitative estimate of drug-likeness (QED) is 0.540. The second-order valence-corrected chi connectivity index (χ2v) is 9.45. The molecular formula is C28H23N3O4. The first-order valence-corrected chi connectivity index (χ1v) is 11.9. The van der Waals surface area contributed by atoms with Crippen molar-refractivity contribution in [3.63, 3.8) is 0 Å². The number of piperidine rings is 2. The molecule has 1 aliphatic carbocycles. The third-order valence-corrected chi connectivity index (χ3v) is 7.69. The molecule has 174 valence electrons. The molecule has 3 saturated heterocycles. The summed E-state index contributed by atoms with van der Waals surface area (Å²) in [5.74, 6) is -1.57. The van der Waals surface area contributed by atoms with E-state index in [1.165, 1.54) is 4.90 Å². The van der Waals surface area contributed by atoms with Crippen LogP contribution in [0.5, 0.6) is 0 Å². The van der Waals surface area contributed by atoms with Crippen LogP contribution < -0.4 is 4.90 Å².